The van der Waals surface area contributed by atoms with Gasteiger partial charge >= 0.3 is 0 Å². The summed E-state index contributed by atoms with van der Waals surface area (Å²) in [4.78, 5) is 15.5. The molecule has 0 fully saturated rings. The summed E-state index contributed by atoms with van der Waals surface area (Å²) < 4.78 is 2.16. The van der Waals surface area contributed by atoms with Gasteiger partial charge in [-0.2, -0.15) is 9.97 Å². The van der Waals surface area contributed by atoms with Crippen LogP contribution in [0.15, 0.2) is 170 Å². The Morgan fingerprint density at radius 3 is 1.47 bits per heavy atom. The van der Waals surface area contributed by atoms with Crippen molar-refractivity contribution >= 4 is 32.6 Å². The molecule has 0 aliphatic rings. The van der Waals surface area contributed by atoms with E-state index in [9.17, 15) is 0 Å². The van der Waals surface area contributed by atoms with Crippen molar-refractivity contribution in [2.75, 3.05) is 0 Å². The van der Waals surface area contributed by atoms with E-state index in [0.717, 1.165) is 55.2 Å². The van der Waals surface area contributed by atoms with Crippen LogP contribution in [-0.4, -0.2) is 19.5 Å². The maximum atomic E-state index is 5.18. The fraction of sp³-hybridized carbons (Fsp3) is 0. The number of hydrogen-bond acceptors (Lipinski definition) is 3. The molecule has 0 radical (unpaired) electrons. The monoisotopic (exact) mass is 600 g/mol. The molecule has 0 saturated heterocycles. The lowest BCUT2D eigenvalue weighted by Gasteiger charge is -2.12. The summed E-state index contributed by atoms with van der Waals surface area (Å²) in [5.74, 6) is 1.84. The molecular formula is C43H28N4. The summed E-state index contributed by atoms with van der Waals surface area (Å²) in [6.45, 7) is 0. The van der Waals surface area contributed by atoms with Crippen LogP contribution in [0.5, 0.6) is 0 Å². The Labute approximate surface area is 272 Å². The minimum Gasteiger partial charge on any atom is -0.278 e. The van der Waals surface area contributed by atoms with Gasteiger partial charge in [-0.15, -0.1) is 0 Å². The maximum Gasteiger partial charge on any atom is 0.238 e. The van der Waals surface area contributed by atoms with Crippen LogP contribution in [0.4, 0.5) is 0 Å². The van der Waals surface area contributed by atoms with Crippen LogP contribution < -0.4 is 0 Å². The number of hydrogen-bond donors (Lipinski definition) is 0. The second kappa shape index (κ2) is 11.2. The predicted octanol–water partition coefficient (Wildman–Crippen LogP) is 10.8. The molecular weight excluding hydrogens is 573 g/mol. The SMILES string of the molecule is c1ccc(-c2cccc(-c3nc(-c4cccc(-c5ccc6ccccc6c5)c4)nc(-n4c5ccccc5c5ccccc54)n3)c2)cc1. The summed E-state index contributed by atoms with van der Waals surface area (Å²) in [5, 5.41) is 4.76. The lowest BCUT2D eigenvalue weighted by molar-refractivity contribution is 0.953. The van der Waals surface area contributed by atoms with Gasteiger partial charge in [0.1, 0.15) is 0 Å². The van der Waals surface area contributed by atoms with E-state index < -0.39 is 0 Å². The van der Waals surface area contributed by atoms with Gasteiger partial charge in [-0.1, -0.05) is 140 Å². The van der Waals surface area contributed by atoms with E-state index in [2.05, 4.69) is 168 Å². The Morgan fingerprint density at radius 2 is 0.809 bits per heavy atom. The molecule has 0 aliphatic heterocycles. The fourth-order valence-electron chi connectivity index (χ4n) is 6.54. The Balaban J connectivity index is 1.26. The Hall–Kier alpha value is -6.39. The van der Waals surface area contributed by atoms with Gasteiger partial charge in [0.2, 0.25) is 5.95 Å². The Bertz CT molecular complexity index is 2530. The zero-order valence-corrected chi connectivity index (χ0v) is 25.5. The summed E-state index contributed by atoms with van der Waals surface area (Å²) in [5.41, 5.74) is 8.50. The van der Waals surface area contributed by atoms with E-state index in [1.165, 1.54) is 10.8 Å². The Kier molecular flexibility index (Phi) is 6.43. The molecule has 47 heavy (non-hydrogen) atoms. The van der Waals surface area contributed by atoms with Gasteiger partial charge in [0.05, 0.1) is 11.0 Å². The first-order valence-corrected chi connectivity index (χ1v) is 15.8. The standard InChI is InChI=1S/C43H28N4/c1-2-12-29(13-3-1)32-16-10-18-35(27-32)41-44-42(36-19-11-17-33(28-36)34-25-24-30-14-4-5-15-31(30)26-34)46-43(45-41)47-39-22-8-6-20-37(39)38-21-7-9-23-40(38)47/h1-28H. The van der Waals surface area contributed by atoms with Crippen LogP contribution in [0.1, 0.15) is 0 Å². The molecule has 0 atom stereocenters. The van der Waals surface area contributed by atoms with Crippen molar-refractivity contribution in [2.45, 2.75) is 0 Å². The van der Waals surface area contributed by atoms with Crippen molar-refractivity contribution in [3.05, 3.63) is 170 Å². The minimum atomic E-state index is 0.587. The molecule has 4 nitrogen and oxygen atoms in total. The molecule has 0 amide bonds. The highest BCUT2D eigenvalue weighted by Crippen LogP contribution is 2.34. The molecule has 0 aliphatic carbocycles. The van der Waals surface area contributed by atoms with Crippen molar-refractivity contribution < 1.29 is 0 Å². The third-order valence-corrected chi connectivity index (χ3v) is 8.84. The highest BCUT2D eigenvalue weighted by atomic mass is 15.2. The molecule has 9 rings (SSSR count). The first-order chi connectivity index (χ1) is 23.3. The van der Waals surface area contributed by atoms with Gasteiger partial charge in [-0.3, -0.25) is 4.57 Å². The second-order valence-corrected chi connectivity index (χ2v) is 11.7. The van der Waals surface area contributed by atoms with Crippen LogP contribution in [-0.2, 0) is 0 Å². The zero-order valence-electron chi connectivity index (χ0n) is 25.5. The van der Waals surface area contributed by atoms with Crippen molar-refractivity contribution in [3.8, 4) is 51.0 Å². The van der Waals surface area contributed by atoms with Crippen molar-refractivity contribution in [1.29, 1.82) is 0 Å². The minimum absolute atomic E-state index is 0.587. The number of nitrogens with zero attached hydrogens (tertiary/aromatic N) is 4. The van der Waals surface area contributed by atoms with Gasteiger partial charge < -0.3 is 0 Å². The largest absolute Gasteiger partial charge is 0.278 e. The van der Waals surface area contributed by atoms with Gasteiger partial charge in [-0.25, -0.2) is 4.98 Å². The molecule has 220 valence electrons. The summed E-state index contributed by atoms with van der Waals surface area (Å²) in [6.07, 6.45) is 0. The van der Waals surface area contributed by atoms with Crippen LogP contribution in [0.3, 0.4) is 0 Å². The summed E-state index contributed by atoms with van der Waals surface area (Å²) in [6, 6.07) is 59.3. The molecule has 0 N–H and O–H groups in total. The molecule has 7 aromatic carbocycles. The summed E-state index contributed by atoms with van der Waals surface area (Å²) in [7, 11) is 0. The van der Waals surface area contributed by atoms with Crippen LogP contribution in [0, 0.1) is 0 Å². The van der Waals surface area contributed by atoms with Crippen LogP contribution in [0.25, 0.3) is 83.6 Å². The second-order valence-electron chi connectivity index (χ2n) is 11.7. The van der Waals surface area contributed by atoms with Gasteiger partial charge in [-0.05, 0) is 63.4 Å². The van der Waals surface area contributed by atoms with Gasteiger partial charge in [0, 0.05) is 21.9 Å². The number of rotatable bonds is 5. The van der Waals surface area contributed by atoms with E-state index in [4.69, 9.17) is 15.0 Å². The van der Waals surface area contributed by atoms with Crippen LogP contribution >= 0.6 is 0 Å². The molecule has 9 aromatic rings. The summed E-state index contributed by atoms with van der Waals surface area (Å²) >= 11 is 0. The zero-order chi connectivity index (χ0) is 31.2. The van der Waals surface area contributed by atoms with Crippen LogP contribution in [0.2, 0.25) is 0 Å². The van der Waals surface area contributed by atoms with E-state index in [0.29, 0.717) is 17.6 Å². The first-order valence-electron chi connectivity index (χ1n) is 15.8. The van der Waals surface area contributed by atoms with E-state index >= 15 is 0 Å². The van der Waals surface area contributed by atoms with Crippen molar-refractivity contribution in [3.63, 3.8) is 0 Å². The predicted molar refractivity (Wildman–Crippen MR) is 193 cm³/mol. The number of benzene rings is 7. The quantitative estimate of drug-likeness (QED) is 0.197. The molecule has 2 aromatic heterocycles. The number of para-hydroxylation sites is 2. The molecule has 0 saturated carbocycles. The normalized spacial score (nSPS) is 11.4. The average molecular weight is 601 g/mol. The highest BCUT2D eigenvalue weighted by Gasteiger charge is 2.18. The topological polar surface area (TPSA) is 43.6 Å². The fourth-order valence-corrected chi connectivity index (χ4v) is 6.54. The number of aromatic nitrogens is 4. The number of fused-ring (bicyclic) bond motifs is 4. The van der Waals surface area contributed by atoms with E-state index in [1.807, 2.05) is 6.07 Å². The van der Waals surface area contributed by atoms with E-state index in [-0.39, 0.29) is 0 Å². The van der Waals surface area contributed by atoms with Crippen molar-refractivity contribution in [1.82, 2.24) is 19.5 Å². The molecule has 0 spiro atoms. The van der Waals surface area contributed by atoms with Gasteiger partial charge in [0.25, 0.3) is 0 Å². The maximum absolute atomic E-state index is 5.18. The van der Waals surface area contributed by atoms with E-state index in [1.54, 1.807) is 0 Å². The average Bonchev–Trinajstić information content (AvgIpc) is 3.49. The van der Waals surface area contributed by atoms with Crippen molar-refractivity contribution in [2.24, 2.45) is 0 Å². The highest BCUT2D eigenvalue weighted by molar-refractivity contribution is 6.09. The molecule has 0 unspecified atom stereocenters. The Morgan fingerprint density at radius 1 is 0.319 bits per heavy atom. The third-order valence-electron chi connectivity index (χ3n) is 8.84. The molecule has 2 heterocycles. The smallest absolute Gasteiger partial charge is 0.238 e. The lowest BCUT2D eigenvalue weighted by Crippen LogP contribution is -2.06. The third kappa shape index (κ3) is 4.84. The molecule has 4 heteroatoms. The molecule has 0 bridgehead atoms. The lowest BCUT2D eigenvalue weighted by atomic mass is 9.99. The van der Waals surface area contributed by atoms with Gasteiger partial charge in [0.15, 0.2) is 11.6 Å². The first kappa shape index (κ1) is 27.0.